The Morgan fingerprint density at radius 2 is 1.84 bits per heavy atom. The van der Waals surface area contributed by atoms with Crippen LogP contribution in [0.25, 0.3) is 17.2 Å². The summed E-state index contributed by atoms with van der Waals surface area (Å²) in [4.78, 5) is 27.8. The van der Waals surface area contributed by atoms with Crippen molar-refractivity contribution >= 4 is 29.1 Å². The third-order valence-electron chi connectivity index (χ3n) is 4.43. The fraction of sp³-hybridized carbons (Fsp3) is 0.292. The Morgan fingerprint density at radius 3 is 2.55 bits per heavy atom. The maximum absolute atomic E-state index is 11.8. The minimum Gasteiger partial charge on any atom is -0.492 e. The van der Waals surface area contributed by atoms with Crippen LogP contribution in [0.2, 0.25) is 0 Å². The average molecular weight is 422 g/mol. The summed E-state index contributed by atoms with van der Waals surface area (Å²) in [6.07, 6.45) is 2.57. The number of aromatic nitrogens is 1. The van der Waals surface area contributed by atoms with E-state index in [2.05, 4.69) is 31.1 Å². The molecule has 0 saturated carbocycles. The quantitative estimate of drug-likeness (QED) is 0.337. The second kappa shape index (κ2) is 9.93. The summed E-state index contributed by atoms with van der Waals surface area (Å²) in [5, 5.41) is 2.64. The number of carbonyl (C=O) groups excluding carboxylic acids is 2. The highest BCUT2D eigenvalue weighted by molar-refractivity contribution is 5.89. The largest absolute Gasteiger partial charge is 0.492 e. The number of nitrogens with zero attached hydrogens (tertiary/aromatic N) is 1. The molecule has 7 nitrogen and oxygen atoms in total. The van der Waals surface area contributed by atoms with E-state index in [1.807, 2.05) is 42.5 Å². The van der Waals surface area contributed by atoms with Crippen molar-refractivity contribution in [3.8, 4) is 5.75 Å². The number of benzene rings is 2. The van der Waals surface area contributed by atoms with Crippen molar-refractivity contribution in [2.24, 2.45) is 0 Å². The number of rotatable bonds is 8. The third kappa shape index (κ3) is 6.70. The number of oxazole rings is 1. The predicted molar refractivity (Wildman–Crippen MR) is 118 cm³/mol. The molecule has 1 heterocycles. The van der Waals surface area contributed by atoms with Crippen LogP contribution in [0.1, 0.15) is 32.2 Å². The van der Waals surface area contributed by atoms with E-state index in [1.54, 1.807) is 6.07 Å². The van der Waals surface area contributed by atoms with Gasteiger partial charge in [0.05, 0.1) is 6.54 Å². The van der Waals surface area contributed by atoms with Crippen LogP contribution in [-0.4, -0.2) is 36.6 Å². The molecule has 1 amide bonds. The first-order valence-electron chi connectivity index (χ1n) is 10.0. The van der Waals surface area contributed by atoms with Crippen molar-refractivity contribution in [1.29, 1.82) is 0 Å². The molecule has 0 saturated heterocycles. The number of nitrogens with one attached hydrogen (secondary N) is 1. The zero-order valence-corrected chi connectivity index (χ0v) is 17.9. The second-order valence-electron chi connectivity index (χ2n) is 7.93. The molecular formula is C24H26N2O5. The fourth-order valence-corrected chi connectivity index (χ4v) is 2.75. The minimum atomic E-state index is -0.660. The molecule has 3 aromatic rings. The first-order valence-corrected chi connectivity index (χ1v) is 10.0. The summed E-state index contributed by atoms with van der Waals surface area (Å²) in [5.41, 5.74) is 2.63. The van der Waals surface area contributed by atoms with Crippen LogP contribution in [0.3, 0.4) is 0 Å². The SMILES string of the molecule is CC(C)(C)c1ccc(OCCNC(=O)COC(=O)/C=C/c2nc3ccccc3o2)cc1. The molecule has 7 heteroatoms. The van der Waals surface area contributed by atoms with Crippen molar-refractivity contribution in [3.05, 3.63) is 66.1 Å². The number of fused-ring (bicyclic) bond motifs is 1. The normalized spacial score (nSPS) is 11.6. The molecule has 0 atom stereocenters. The lowest BCUT2D eigenvalue weighted by atomic mass is 9.87. The van der Waals surface area contributed by atoms with Gasteiger partial charge in [0.25, 0.3) is 5.91 Å². The maximum Gasteiger partial charge on any atom is 0.331 e. The van der Waals surface area contributed by atoms with Gasteiger partial charge in [0.15, 0.2) is 12.2 Å². The highest BCUT2D eigenvalue weighted by Gasteiger charge is 2.13. The van der Waals surface area contributed by atoms with Crippen LogP contribution in [0, 0.1) is 0 Å². The van der Waals surface area contributed by atoms with E-state index < -0.39 is 11.9 Å². The van der Waals surface area contributed by atoms with Crippen molar-refractivity contribution in [2.75, 3.05) is 19.8 Å². The van der Waals surface area contributed by atoms with Gasteiger partial charge in [-0.05, 0) is 35.2 Å². The zero-order valence-electron chi connectivity index (χ0n) is 17.9. The molecule has 0 bridgehead atoms. The molecule has 1 aromatic heterocycles. The van der Waals surface area contributed by atoms with Gasteiger partial charge in [0.1, 0.15) is 17.9 Å². The Kier molecular flexibility index (Phi) is 7.07. The van der Waals surface area contributed by atoms with Gasteiger partial charge in [0.2, 0.25) is 5.89 Å². The summed E-state index contributed by atoms with van der Waals surface area (Å²) >= 11 is 0. The highest BCUT2D eigenvalue weighted by Crippen LogP contribution is 2.24. The van der Waals surface area contributed by atoms with Crippen LogP contribution in [0.4, 0.5) is 0 Å². The molecule has 0 fully saturated rings. The number of amides is 1. The van der Waals surface area contributed by atoms with Crippen molar-refractivity contribution in [2.45, 2.75) is 26.2 Å². The molecule has 0 aliphatic carbocycles. The van der Waals surface area contributed by atoms with E-state index >= 15 is 0 Å². The number of ether oxygens (including phenoxy) is 2. The van der Waals surface area contributed by atoms with Crippen LogP contribution >= 0.6 is 0 Å². The van der Waals surface area contributed by atoms with Gasteiger partial charge in [0, 0.05) is 12.2 Å². The Morgan fingerprint density at radius 1 is 1.10 bits per heavy atom. The first-order chi connectivity index (χ1) is 14.8. The Bertz CT molecular complexity index is 1030. The lowest BCUT2D eigenvalue weighted by molar-refractivity contribution is -0.143. The topological polar surface area (TPSA) is 90.7 Å². The number of esters is 1. The average Bonchev–Trinajstić information content (AvgIpc) is 3.16. The van der Waals surface area contributed by atoms with Gasteiger partial charge in [-0.1, -0.05) is 45.0 Å². The van der Waals surface area contributed by atoms with Crippen LogP contribution in [0.5, 0.6) is 5.75 Å². The van der Waals surface area contributed by atoms with Gasteiger partial charge in [-0.25, -0.2) is 9.78 Å². The highest BCUT2D eigenvalue weighted by atomic mass is 16.5. The van der Waals surface area contributed by atoms with E-state index in [0.717, 1.165) is 5.75 Å². The molecular weight excluding hydrogens is 396 g/mol. The van der Waals surface area contributed by atoms with E-state index in [9.17, 15) is 9.59 Å². The monoisotopic (exact) mass is 422 g/mol. The Balaban J connectivity index is 1.33. The van der Waals surface area contributed by atoms with Gasteiger partial charge >= 0.3 is 5.97 Å². The van der Waals surface area contributed by atoms with Crippen molar-refractivity contribution < 1.29 is 23.5 Å². The van der Waals surface area contributed by atoms with Crippen LogP contribution in [-0.2, 0) is 19.7 Å². The second-order valence-corrected chi connectivity index (χ2v) is 7.93. The molecule has 2 aromatic carbocycles. The summed E-state index contributed by atoms with van der Waals surface area (Å²) in [5.74, 6) is -0.0452. The molecule has 0 unspecified atom stereocenters. The van der Waals surface area contributed by atoms with Gasteiger partial charge in [-0.2, -0.15) is 0 Å². The molecule has 31 heavy (non-hydrogen) atoms. The standard InChI is InChI=1S/C24H26N2O5/c1-24(2,3)17-8-10-18(11-9-17)29-15-14-25-21(27)16-30-23(28)13-12-22-26-19-6-4-5-7-20(19)31-22/h4-13H,14-16H2,1-3H3,(H,25,27)/b13-12+. The number of para-hydroxylation sites is 2. The molecule has 162 valence electrons. The lowest BCUT2D eigenvalue weighted by Gasteiger charge is -2.19. The van der Waals surface area contributed by atoms with Crippen LogP contribution in [0.15, 0.2) is 59.0 Å². The van der Waals surface area contributed by atoms with E-state index in [1.165, 1.54) is 17.7 Å². The molecule has 0 aliphatic rings. The zero-order chi connectivity index (χ0) is 22.3. The molecule has 1 N–H and O–H groups in total. The third-order valence-corrected chi connectivity index (χ3v) is 4.43. The fourth-order valence-electron chi connectivity index (χ4n) is 2.75. The van der Waals surface area contributed by atoms with E-state index in [0.29, 0.717) is 24.3 Å². The molecule has 0 spiro atoms. The van der Waals surface area contributed by atoms with Gasteiger partial charge < -0.3 is 19.2 Å². The first kappa shape index (κ1) is 22.1. The smallest absolute Gasteiger partial charge is 0.331 e. The predicted octanol–water partition coefficient (Wildman–Crippen LogP) is 3.88. The Labute approximate surface area is 181 Å². The van der Waals surface area contributed by atoms with E-state index in [-0.39, 0.29) is 17.9 Å². The molecule has 0 aliphatic heterocycles. The summed E-state index contributed by atoms with van der Waals surface area (Å²) < 4.78 is 16.0. The summed E-state index contributed by atoms with van der Waals surface area (Å²) in [6, 6.07) is 15.2. The minimum absolute atomic E-state index is 0.0850. The lowest BCUT2D eigenvalue weighted by Crippen LogP contribution is -2.31. The number of hydrogen-bond acceptors (Lipinski definition) is 6. The van der Waals surface area contributed by atoms with Gasteiger partial charge in [-0.3, -0.25) is 4.79 Å². The van der Waals surface area contributed by atoms with Crippen LogP contribution < -0.4 is 10.1 Å². The molecule has 0 radical (unpaired) electrons. The maximum atomic E-state index is 11.8. The van der Waals surface area contributed by atoms with E-state index in [4.69, 9.17) is 13.9 Å². The van der Waals surface area contributed by atoms with Crippen molar-refractivity contribution in [1.82, 2.24) is 10.3 Å². The summed E-state index contributed by atoms with van der Waals surface area (Å²) in [7, 11) is 0. The van der Waals surface area contributed by atoms with Crippen molar-refractivity contribution in [3.63, 3.8) is 0 Å². The Hall–Kier alpha value is -3.61. The number of hydrogen-bond donors (Lipinski definition) is 1. The summed E-state index contributed by atoms with van der Waals surface area (Å²) in [6.45, 7) is 6.68. The molecule has 3 rings (SSSR count). The number of carbonyl (C=O) groups is 2. The van der Waals surface area contributed by atoms with Gasteiger partial charge in [-0.15, -0.1) is 0 Å².